The third-order valence-corrected chi connectivity index (χ3v) is 8.63. The first-order valence-corrected chi connectivity index (χ1v) is 13.7. The maximum atomic E-state index is 14.9. The minimum Gasteiger partial charge on any atom is -0.491 e. The molecular weight excluding hydrogens is 564 g/mol. The summed E-state index contributed by atoms with van der Waals surface area (Å²) in [5, 5.41) is 6.28. The highest BCUT2D eigenvalue weighted by atomic mass is 35.5. The number of halogens is 3. The second kappa shape index (κ2) is 10.3. The van der Waals surface area contributed by atoms with Gasteiger partial charge >= 0.3 is 11.7 Å². The van der Waals surface area contributed by atoms with E-state index in [0.717, 1.165) is 6.07 Å². The average molecular weight is 588 g/mol. The SMILES string of the molecule is CC(=O)OC1(C)CCOc2c(S(=O)(=O)NC(c3n[nH]c(=O)o3)C(C)c3c(F)ccc(Cl)c3C)ccc(Cl)c21. The highest BCUT2D eigenvalue weighted by Gasteiger charge is 2.42. The standard InChI is InChI=1S/C24H24Cl2FN3O7S/c1-11-14(25)5-7-16(27)18(11)12(2)20(22-28-29-23(32)36-22)30-38(33,34)17-8-6-15(26)19-21(17)35-10-9-24(19,4)37-13(3)31/h5-8,12,20,30H,9-10H2,1-4H3,(H,29,32). The molecule has 0 saturated carbocycles. The van der Waals surface area contributed by atoms with Crippen LogP contribution in [0.5, 0.6) is 5.75 Å². The number of sulfonamides is 1. The summed E-state index contributed by atoms with van der Waals surface area (Å²) in [5.41, 5.74) is -0.570. The molecule has 3 atom stereocenters. The summed E-state index contributed by atoms with van der Waals surface area (Å²) >= 11 is 12.6. The van der Waals surface area contributed by atoms with Crippen LogP contribution in [0.2, 0.25) is 10.0 Å². The Morgan fingerprint density at radius 2 is 1.95 bits per heavy atom. The third kappa shape index (κ3) is 5.18. The fraction of sp³-hybridized carbons (Fsp3) is 0.375. The average Bonchev–Trinajstić information content (AvgIpc) is 3.25. The molecule has 2 N–H and O–H groups in total. The van der Waals surface area contributed by atoms with Crippen LogP contribution in [-0.2, 0) is 25.2 Å². The summed E-state index contributed by atoms with van der Waals surface area (Å²) in [4.78, 5) is 23.2. The van der Waals surface area contributed by atoms with Crippen molar-refractivity contribution in [3.05, 3.63) is 73.3 Å². The van der Waals surface area contributed by atoms with Gasteiger partial charge in [-0.3, -0.25) is 4.79 Å². The Morgan fingerprint density at radius 1 is 1.26 bits per heavy atom. The first-order chi connectivity index (χ1) is 17.7. The van der Waals surface area contributed by atoms with Gasteiger partial charge in [0.15, 0.2) is 0 Å². The number of hydrogen-bond donors (Lipinski definition) is 2. The third-order valence-electron chi connectivity index (χ3n) is 6.44. The van der Waals surface area contributed by atoms with Crippen LogP contribution in [-0.4, -0.2) is 31.2 Å². The van der Waals surface area contributed by atoms with Crippen molar-refractivity contribution in [1.82, 2.24) is 14.9 Å². The Morgan fingerprint density at radius 3 is 2.58 bits per heavy atom. The molecule has 2 heterocycles. The van der Waals surface area contributed by atoms with Crippen molar-refractivity contribution in [1.29, 1.82) is 0 Å². The van der Waals surface area contributed by atoms with E-state index in [-0.39, 0.29) is 50.7 Å². The number of benzene rings is 2. The summed E-state index contributed by atoms with van der Waals surface area (Å²) in [6, 6.07) is 3.77. The lowest BCUT2D eigenvalue weighted by molar-refractivity contribution is -0.159. The molecule has 0 bridgehead atoms. The maximum absolute atomic E-state index is 14.9. The fourth-order valence-corrected chi connectivity index (χ4v) is 6.58. The molecule has 0 amide bonds. The number of carbonyl (C=O) groups excluding carboxylic acids is 1. The Bertz CT molecular complexity index is 1570. The predicted octanol–water partition coefficient (Wildman–Crippen LogP) is 4.50. The van der Waals surface area contributed by atoms with E-state index in [1.807, 2.05) is 0 Å². The molecule has 1 aliphatic rings. The molecule has 0 radical (unpaired) electrons. The van der Waals surface area contributed by atoms with Gasteiger partial charge < -0.3 is 13.9 Å². The molecule has 0 spiro atoms. The maximum Gasteiger partial charge on any atom is 0.434 e. The first kappa shape index (κ1) is 28.1. The molecule has 0 fully saturated rings. The largest absolute Gasteiger partial charge is 0.491 e. The van der Waals surface area contributed by atoms with Crippen LogP contribution >= 0.6 is 23.2 Å². The van der Waals surface area contributed by atoms with Crippen molar-refractivity contribution >= 4 is 39.2 Å². The van der Waals surface area contributed by atoms with Gasteiger partial charge in [0.1, 0.15) is 28.1 Å². The molecule has 3 aromatic rings. The molecule has 38 heavy (non-hydrogen) atoms. The molecule has 10 nitrogen and oxygen atoms in total. The first-order valence-electron chi connectivity index (χ1n) is 11.4. The van der Waals surface area contributed by atoms with E-state index >= 15 is 0 Å². The lowest BCUT2D eigenvalue weighted by Crippen LogP contribution is -2.37. The van der Waals surface area contributed by atoms with Crippen molar-refractivity contribution in [3.8, 4) is 5.75 Å². The van der Waals surface area contributed by atoms with Crippen LogP contribution in [0.1, 0.15) is 61.7 Å². The van der Waals surface area contributed by atoms with Crippen LogP contribution in [0.4, 0.5) is 4.39 Å². The molecule has 0 saturated heterocycles. The Kier molecular flexibility index (Phi) is 7.63. The molecule has 4 rings (SSSR count). The topological polar surface area (TPSA) is 141 Å². The Hall–Kier alpha value is -2.93. The number of rotatable bonds is 7. The highest BCUT2D eigenvalue weighted by Crippen LogP contribution is 2.47. The highest BCUT2D eigenvalue weighted by molar-refractivity contribution is 7.89. The smallest absolute Gasteiger partial charge is 0.434 e. The number of nitrogens with one attached hydrogen (secondary N) is 2. The van der Waals surface area contributed by atoms with E-state index < -0.39 is 45.1 Å². The summed E-state index contributed by atoms with van der Waals surface area (Å²) in [7, 11) is -4.47. The minimum atomic E-state index is -4.47. The van der Waals surface area contributed by atoms with E-state index in [1.54, 1.807) is 13.8 Å². The molecule has 1 aliphatic heterocycles. The summed E-state index contributed by atoms with van der Waals surface area (Å²) in [6.07, 6.45) is 0.238. The second-order valence-electron chi connectivity index (χ2n) is 9.08. The van der Waals surface area contributed by atoms with E-state index in [4.69, 9.17) is 37.1 Å². The van der Waals surface area contributed by atoms with Crippen molar-refractivity contribution in [3.63, 3.8) is 0 Å². The zero-order valence-corrected chi connectivity index (χ0v) is 23.1. The molecule has 3 unspecified atom stereocenters. The van der Waals surface area contributed by atoms with Gasteiger partial charge in [-0.15, -0.1) is 5.10 Å². The number of ether oxygens (including phenoxy) is 2. The van der Waals surface area contributed by atoms with Gasteiger partial charge in [-0.05, 0) is 49.2 Å². The number of H-pyrrole nitrogens is 1. The van der Waals surface area contributed by atoms with Gasteiger partial charge in [-0.1, -0.05) is 30.1 Å². The van der Waals surface area contributed by atoms with E-state index in [9.17, 15) is 22.4 Å². The van der Waals surface area contributed by atoms with Crippen molar-refractivity contribution in [2.24, 2.45) is 0 Å². The van der Waals surface area contributed by atoms with Gasteiger partial charge in [0, 0.05) is 24.3 Å². The van der Waals surface area contributed by atoms with Crippen molar-refractivity contribution in [2.45, 2.75) is 56.6 Å². The normalized spacial score (nSPS) is 18.8. The predicted molar refractivity (Wildman–Crippen MR) is 135 cm³/mol. The van der Waals surface area contributed by atoms with Crippen LogP contribution in [0.3, 0.4) is 0 Å². The Balaban J connectivity index is 1.84. The van der Waals surface area contributed by atoms with Gasteiger partial charge in [0.05, 0.1) is 17.2 Å². The Labute approximate surface area is 227 Å². The van der Waals surface area contributed by atoms with Gasteiger partial charge in [0.2, 0.25) is 15.9 Å². The number of nitrogens with zero attached hydrogens (tertiary/aromatic N) is 1. The van der Waals surface area contributed by atoms with Crippen molar-refractivity contribution in [2.75, 3.05) is 6.61 Å². The quantitative estimate of drug-likeness (QED) is 0.385. The lowest BCUT2D eigenvalue weighted by Gasteiger charge is -2.36. The lowest BCUT2D eigenvalue weighted by atomic mass is 9.89. The molecule has 204 valence electrons. The number of esters is 1. The molecule has 1 aromatic heterocycles. The number of aromatic nitrogens is 2. The zero-order valence-electron chi connectivity index (χ0n) is 20.7. The second-order valence-corrected chi connectivity index (χ2v) is 11.6. The summed E-state index contributed by atoms with van der Waals surface area (Å²) < 4.78 is 61.3. The van der Waals surface area contributed by atoms with Crippen LogP contribution < -0.4 is 15.2 Å². The number of aromatic amines is 1. The molecule has 2 aromatic carbocycles. The van der Waals surface area contributed by atoms with Crippen LogP contribution in [0, 0.1) is 12.7 Å². The van der Waals surface area contributed by atoms with Crippen LogP contribution in [0.15, 0.2) is 38.4 Å². The van der Waals surface area contributed by atoms with E-state index in [1.165, 1.54) is 32.0 Å². The summed E-state index contributed by atoms with van der Waals surface area (Å²) in [5.74, 6) is -3.50. The van der Waals surface area contributed by atoms with Gasteiger partial charge in [0.25, 0.3) is 0 Å². The van der Waals surface area contributed by atoms with Gasteiger partial charge in [-0.25, -0.2) is 22.7 Å². The monoisotopic (exact) mass is 587 g/mol. The minimum absolute atomic E-state index is 0.0423. The number of fused-ring (bicyclic) bond motifs is 1. The van der Waals surface area contributed by atoms with E-state index in [0.29, 0.717) is 5.56 Å². The fourth-order valence-electron chi connectivity index (χ4n) is 4.65. The van der Waals surface area contributed by atoms with Crippen molar-refractivity contribution < 1.29 is 31.5 Å². The number of carbonyl (C=O) groups is 1. The number of hydrogen-bond acceptors (Lipinski definition) is 8. The zero-order chi connectivity index (χ0) is 28.0. The summed E-state index contributed by atoms with van der Waals surface area (Å²) in [6.45, 7) is 6.01. The van der Waals surface area contributed by atoms with Gasteiger partial charge in [-0.2, -0.15) is 4.72 Å². The molecule has 0 aliphatic carbocycles. The molecular formula is C24H24Cl2FN3O7S. The van der Waals surface area contributed by atoms with Crippen LogP contribution in [0.25, 0.3) is 0 Å². The van der Waals surface area contributed by atoms with E-state index in [2.05, 4.69) is 14.9 Å². The molecule has 14 heteroatoms.